The van der Waals surface area contributed by atoms with Gasteiger partial charge in [-0.3, -0.25) is 4.79 Å². The van der Waals surface area contributed by atoms with Crippen molar-refractivity contribution in [3.8, 4) is 0 Å². The van der Waals surface area contributed by atoms with Crippen molar-refractivity contribution >= 4 is 28.3 Å². The van der Waals surface area contributed by atoms with Crippen molar-refractivity contribution < 1.29 is 9.69 Å². The number of hydrogen-bond donors (Lipinski definition) is 3. The number of fused-ring (bicyclic) bond motifs is 1. The van der Waals surface area contributed by atoms with Crippen molar-refractivity contribution in [2.45, 2.75) is 39.7 Å². The standard InChI is InChI=1S/C25H30N4O/c1-4-29-13-7-8-20(29)16-26-25(30)22-15-24(28-23-10-6-5-9-21(22)23)27-19-12-11-17(2)18(3)14-19/h5-6,9-12,14-15,20H,4,7-8,13,16H2,1-3H3,(H,26,30)(H,27,28)/p+1. The summed E-state index contributed by atoms with van der Waals surface area (Å²) in [6.07, 6.45) is 2.42. The Balaban J connectivity index is 1.59. The van der Waals surface area contributed by atoms with Gasteiger partial charge in [-0.05, 0) is 56.2 Å². The number of likely N-dealkylation sites (N-methyl/N-ethyl adjacent to an activating group) is 1. The monoisotopic (exact) mass is 403 g/mol. The number of benzene rings is 2. The summed E-state index contributed by atoms with van der Waals surface area (Å²) < 4.78 is 0. The molecule has 5 heteroatoms. The van der Waals surface area contributed by atoms with E-state index in [-0.39, 0.29) is 5.91 Å². The van der Waals surface area contributed by atoms with Gasteiger partial charge in [-0.25, -0.2) is 4.98 Å². The van der Waals surface area contributed by atoms with E-state index < -0.39 is 0 Å². The molecule has 0 radical (unpaired) electrons. The third kappa shape index (κ3) is 4.31. The molecule has 1 aliphatic rings. The fraction of sp³-hybridized carbons (Fsp3) is 0.360. The number of carbonyl (C=O) groups is 1. The van der Waals surface area contributed by atoms with Gasteiger partial charge in [0.15, 0.2) is 0 Å². The van der Waals surface area contributed by atoms with Crippen LogP contribution in [-0.2, 0) is 0 Å². The number of para-hydroxylation sites is 1. The molecule has 1 fully saturated rings. The van der Waals surface area contributed by atoms with Crippen molar-refractivity contribution in [3.63, 3.8) is 0 Å². The molecule has 2 atom stereocenters. The van der Waals surface area contributed by atoms with Crippen molar-refractivity contribution in [1.82, 2.24) is 10.3 Å². The smallest absolute Gasteiger partial charge is 0.252 e. The first-order valence-corrected chi connectivity index (χ1v) is 10.9. The van der Waals surface area contributed by atoms with Crippen LogP contribution in [0, 0.1) is 13.8 Å². The van der Waals surface area contributed by atoms with E-state index >= 15 is 0 Å². The summed E-state index contributed by atoms with van der Waals surface area (Å²) in [4.78, 5) is 19.5. The van der Waals surface area contributed by atoms with E-state index in [1.54, 1.807) is 4.90 Å². The number of amides is 1. The first kappa shape index (κ1) is 20.4. The summed E-state index contributed by atoms with van der Waals surface area (Å²) in [6.45, 7) is 9.45. The van der Waals surface area contributed by atoms with Crippen LogP contribution in [0.25, 0.3) is 10.9 Å². The lowest BCUT2D eigenvalue weighted by molar-refractivity contribution is -0.909. The van der Waals surface area contributed by atoms with E-state index in [1.165, 1.54) is 30.5 Å². The Kier molecular flexibility index (Phi) is 6.00. The van der Waals surface area contributed by atoms with Crippen LogP contribution in [0.4, 0.5) is 11.5 Å². The van der Waals surface area contributed by atoms with Gasteiger partial charge in [0.25, 0.3) is 5.91 Å². The molecule has 0 bridgehead atoms. The van der Waals surface area contributed by atoms with Gasteiger partial charge in [-0.15, -0.1) is 0 Å². The molecular weight excluding hydrogens is 372 g/mol. The number of nitrogens with zero attached hydrogens (tertiary/aromatic N) is 1. The molecule has 3 aromatic rings. The second kappa shape index (κ2) is 8.84. The zero-order valence-electron chi connectivity index (χ0n) is 18.1. The van der Waals surface area contributed by atoms with Crippen molar-refractivity contribution in [3.05, 3.63) is 65.2 Å². The van der Waals surface area contributed by atoms with Crippen molar-refractivity contribution in [2.24, 2.45) is 0 Å². The summed E-state index contributed by atoms with van der Waals surface area (Å²) in [7, 11) is 0. The highest BCUT2D eigenvalue weighted by atomic mass is 16.1. The first-order chi connectivity index (χ1) is 14.5. The highest BCUT2D eigenvalue weighted by Gasteiger charge is 2.27. The Morgan fingerprint density at radius 1 is 1.13 bits per heavy atom. The molecule has 1 aromatic heterocycles. The fourth-order valence-corrected chi connectivity index (χ4v) is 4.40. The summed E-state index contributed by atoms with van der Waals surface area (Å²) >= 11 is 0. The molecule has 5 nitrogen and oxygen atoms in total. The molecule has 1 aliphatic heterocycles. The molecule has 0 spiro atoms. The van der Waals surface area contributed by atoms with Crippen LogP contribution in [0.5, 0.6) is 0 Å². The molecule has 30 heavy (non-hydrogen) atoms. The number of carbonyl (C=O) groups excluding carboxylic acids is 1. The lowest BCUT2D eigenvalue weighted by atomic mass is 10.1. The van der Waals surface area contributed by atoms with Gasteiger partial charge in [-0.2, -0.15) is 0 Å². The van der Waals surface area contributed by atoms with Crippen molar-refractivity contribution in [2.75, 3.05) is 25.0 Å². The van der Waals surface area contributed by atoms with E-state index in [4.69, 9.17) is 4.98 Å². The van der Waals surface area contributed by atoms with Crippen LogP contribution in [0.2, 0.25) is 0 Å². The third-order valence-corrected chi connectivity index (χ3v) is 6.33. The van der Waals surface area contributed by atoms with Crippen LogP contribution in [0.3, 0.4) is 0 Å². The number of hydrogen-bond acceptors (Lipinski definition) is 3. The molecular formula is C25H31N4O+. The summed E-state index contributed by atoms with van der Waals surface area (Å²) in [5.41, 5.74) is 4.93. The van der Waals surface area contributed by atoms with E-state index in [0.717, 1.165) is 29.7 Å². The average Bonchev–Trinajstić information content (AvgIpc) is 3.21. The molecule has 0 saturated carbocycles. The molecule has 2 unspecified atom stereocenters. The molecule has 1 amide bonds. The SMILES string of the molecule is CC[NH+]1CCCC1CNC(=O)c1cc(Nc2ccc(C)c(C)c2)nc2ccccc12. The molecule has 0 aliphatic carbocycles. The number of aromatic nitrogens is 1. The van der Waals surface area contributed by atoms with Gasteiger partial charge in [0.1, 0.15) is 11.9 Å². The first-order valence-electron chi connectivity index (χ1n) is 10.9. The van der Waals surface area contributed by atoms with E-state index in [0.29, 0.717) is 17.4 Å². The van der Waals surface area contributed by atoms with Gasteiger partial charge in [0.2, 0.25) is 0 Å². The van der Waals surface area contributed by atoms with Gasteiger partial charge in [0, 0.05) is 23.9 Å². The minimum absolute atomic E-state index is 0.0286. The largest absolute Gasteiger partial charge is 0.346 e. The minimum Gasteiger partial charge on any atom is -0.346 e. The Labute approximate surface area is 178 Å². The number of anilines is 2. The topological polar surface area (TPSA) is 58.5 Å². The lowest BCUT2D eigenvalue weighted by Crippen LogP contribution is -3.14. The number of aryl methyl sites for hydroxylation is 2. The maximum Gasteiger partial charge on any atom is 0.252 e. The number of pyridine rings is 1. The predicted molar refractivity (Wildman–Crippen MR) is 123 cm³/mol. The number of likely N-dealkylation sites (tertiary alicyclic amines) is 1. The summed E-state index contributed by atoms with van der Waals surface area (Å²) in [5.74, 6) is 0.655. The fourth-order valence-electron chi connectivity index (χ4n) is 4.40. The average molecular weight is 404 g/mol. The number of quaternary nitrogens is 1. The molecule has 156 valence electrons. The van der Waals surface area contributed by atoms with Gasteiger partial charge in [0.05, 0.1) is 30.7 Å². The highest BCUT2D eigenvalue weighted by molar-refractivity contribution is 6.07. The van der Waals surface area contributed by atoms with Crippen LogP contribution in [0.1, 0.15) is 41.3 Å². The summed E-state index contributed by atoms with van der Waals surface area (Å²) in [6, 6.07) is 16.5. The highest BCUT2D eigenvalue weighted by Crippen LogP contribution is 2.24. The zero-order valence-corrected chi connectivity index (χ0v) is 18.1. The molecule has 2 heterocycles. The second-order valence-corrected chi connectivity index (χ2v) is 8.31. The number of nitrogens with one attached hydrogen (secondary N) is 3. The molecule has 1 saturated heterocycles. The normalized spacial score (nSPS) is 18.5. The minimum atomic E-state index is -0.0286. The van der Waals surface area contributed by atoms with E-state index in [9.17, 15) is 4.79 Å². The van der Waals surface area contributed by atoms with E-state index in [2.05, 4.69) is 43.5 Å². The van der Waals surface area contributed by atoms with Crippen LogP contribution >= 0.6 is 0 Å². The Hall–Kier alpha value is -2.92. The quantitative estimate of drug-likeness (QED) is 0.591. The zero-order chi connectivity index (χ0) is 21.1. The van der Waals surface area contributed by atoms with Crippen molar-refractivity contribution in [1.29, 1.82) is 0 Å². The Morgan fingerprint density at radius 2 is 1.97 bits per heavy atom. The maximum absolute atomic E-state index is 13.1. The van der Waals surface area contributed by atoms with Gasteiger partial charge >= 0.3 is 0 Å². The van der Waals surface area contributed by atoms with Crippen LogP contribution in [-0.4, -0.2) is 36.6 Å². The van der Waals surface area contributed by atoms with Gasteiger partial charge < -0.3 is 15.5 Å². The molecule has 4 rings (SSSR count). The Bertz CT molecular complexity index is 1060. The second-order valence-electron chi connectivity index (χ2n) is 8.31. The predicted octanol–water partition coefficient (Wildman–Crippen LogP) is 3.39. The third-order valence-electron chi connectivity index (χ3n) is 6.33. The van der Waals surface area contributed by atoms with Crippen LogP contribution in [0.15, 0.2) is 48.5 Å². The van der Waals surface area contributed by atoms with E-state index in [1.807, 2.05) is 36.4 Å². The lowest BCUT2D eigenvalue weighted by Gasteiger charge is -2.20. The summed E-state index contributed by atoms with van der Waals surface area (Å²) in [5, 5.41) is 7.45. The molecule has 3 N–H and O–H groups in total. The number of rotatable bonds is 6. The molecule has 2 aromatic carbocycles. The Morgan fingerprint density at radius 3 is 2.77 bits per heavy atom. The van der Waals surface area contributed by atoms with Crippen LogP contribution < -0.4 is 15.5 Å². The maximum atomic E-state index is 13.1. The van der Waals surface area contributed by atoms with Gasteiger partial charge in [-0.1, -0.05) is 24.3 Å².